The van der Waals surface area contributed by atoms with Crippen LogP contribution >= 0.6 is 0 Å². The van der Waals surface area contributed by atoms with Crippen LogP contribution in [0.4, 0.5) is 4.39 Å². The second-order valence-corrected chi connectivity index (χ2v) is 8.61. The Hall–Kier alpha value is -2.99. The van der Waals surface area contributed by atoms with E-state index in [2.05, 4.69) is 13.8 Å². The standard InChI is InChI=1S/C25H29FN2O3/c1-16(2)17-6-8-18(9-7-17)22-21(23(29)19-10-12-20(26)13-11-19)24(30)25(31)28(22)15-5-14-27(3)4/h6-13,16,22,29H,5,14-15H2,1-4H3/b23-21+. The van der Waals surface area contributed by atoms with Crippen molar-refractivity contribution in [1.82, 2.24) is 4.90 Å². The van der Waals surface area contributed by atoms with Gasteiger partial charge in [-0.3, -0.25) is 9.59 Å². The fraction of sp³-hybridized carbons (Fsp3) is 0.360. The van der Waals surface area contributed by atoms with Crippen molar-refractivity contribution in [2.45, 2.75) is 32.2 Å². The molecule has 1 N–H and O–H groups in total. The number of quaternary nitrogens is 1. The van der Waals surface area contributed by atoms with Gasteiger partial charge in [-0.05, 0) is 34.7 Å². The number of nitrogens with one attached hydrogen (secondary N) is 1. The van der Waals surface area contributed by atoms with Gasteiger partial charge in [-0.15, -0.1) is 0 Å². The lowest BCUT2D eigenvalue weighted by atomic mass is 9.93. The highest BCUT2D eigenvalue weighted by Crippen LogP contribution is 2.39. The fourth-order valence-electron chi connectivity index (χ4n) is 3.87. The summed E-state index contributed by atoms with van der Waals surface area (Å²) in [6.07, 6.45) is 0.708. The van der Waals surface area contributed by atoms with Crippen molar-refractivity contribution in [2.75, 3.05) is 27.2 Å². The number of likely N-dealkylation sites (tertiary alicyclic amines) is 1. The maximum absolute atomic E-state index is 13.3. The Morgan fingerprint density at radius 3 is 2.23 bits per heavy atom. The average Bonchev–Trinajstić information content (AvgIpc) is 2.98. The summed E-state index contributed by atoms with van der Waals surface area (Å²) in [5, 5.41) is 13.2. The van der Waals surface area contributed by atoms with Gasteiger partial charge in [0.15, 0.2) is 0 Å². The maximum Gasteiger partial charge on any atom is 0.295 e. The summed E-state index contributed by atoms with van der Waals surface area (Å²) in [6, 6.07) is 12.0. The molecule has 0 radical (unpaired) electrons. The van der Waals surface area contributed by atoms with Crippen LogP contribution in [0.5, 0.6) is 0 Å². The molecule has 164 valence electrons. The van der Waals surface area contributed by atoms with Crippen molar-refractivity contribution in [2.24, 2.45) is 0 Å². The molecule has 0 aromatic heterocycles. The van der Waals surface area contributed by atoms with Crippen LogP contribution in [0.25, 0.3) is 5.76 Å². The second-order valence-electron chi connectivity index (χ2n) is 8.61. The van der Waals surface area contributed by atoms with Gasteiger partial charge in [-0.2, -0.15) is 0 Å². The molecular formula is C25H29FN2O3. The maximum atomic E-state index is 13.3. The predicted octanol–water partition coefficient (Wildman–Crippen LogP) is 1.71. The van der Waals surface area contributed by atoms with Gasteiger partial charge in [0.1, 0.15) is 5.82 Å². The van der Waals surface area contributed by atoms with E-state index in [0.717, 1.165) is 17.7 Å². The molecule has 2 aromatic carbocycles. The van der Waals surface area contributed by atoms with Crippen molar-refractivity contribution < 1.29 is 24.0 Å². The lowest BCUT2D eigenvalue weighted by Gasteiger charge is -2.28. The quantitative estimate of drug-likeness (QED) is 0.418. The number of carbonyl (C=O) groups excluding carboxylic acids is 2. The summed E-state index contributed by atoms with van der Waals surface area (Å²) in [5.41, 5.74) is 1.99. The highest BCUT2D eigenvalue weighted by atomic mass is 19.1. The van der Waals surface area contributed by atoms with E-state index >= 15 is 0 Å². The van der Waals surface area contributed by atoms with Crippen LogP contribution < -0.4 is 10.0 Å². The van der Waals surface area contributed by atoms with E-state index in [-0.39, 0.29) is 11.1 Å². The number of hydrogen-bond acceptors (Lipinski definition) is 3. The normalized spacial score (nSPS) is 18.4. The Balaban J connectivity index is 2.08. The third kappa shape index (κ3) is 4.85. The molecule has 2 aromatic rings. The first kappa shape index (κ1) is 22.7. The Labute approximate surface area is 182 Å². The van der Waals surface area contributed by atoms with E-state index in [9.17, 15) is 19.1 Å². The molecule has 1 aliphatic heterocycles. The SMILES string of the molecule is CC(C)c1ccc(C2/C(=C(\[O-])c3ccc(F)cc3)C(=O)C(=O)N2CCC[NH+](C)C)cc1. The van der Waals surface area contributed by atoms with E-state index in [4.69, 9.17) is 0 Å². The molecule has 6 heteroatoms. The van der Waals surface area contributed by atoms with Crippen molar-refractivity contribution in [3.05, 3.63) is 76.6 Å². The molecule has 1 unspecified atom stereocenters. The summed E-state index contributed by atoms with van der Waals surface area (Å²) >= 11 is 0. The van der Waals surface area contributed by atoms with Crippen LogP contribution in [0.15, 0.2) is 54.1 Å². The molecule has 0 saturated carbocycles. The Morgan fingerprint density at radius 2 is 1.68 bits per heavy atom. The molecule has 1 saturated heterocycles. The monoisotopic (exact) mass is 424 g/mol. The molecule has 0 aliphatic carbocycles. The first-order valence-corrected chi connectivity index (χ1v) is 10.6. The summed E-state index contributed by atoms with van der Waals surface area (Å²) in [7, 11) is 4.05. The fourth-order valence-corrected chi connectivity index (χ4v) is 3.87. The minimum absolute atomic E-state index is 0.0638. The van der Waals surface area contributed by atoms with E-state index in [1.165, 1.54) is 34.1 Å². The zero-order valence-electron chi connectivity index (χ0n) is 18.4. The van der Waals surface area contributed by atoms with Crippen LogP contribution in [-0.4, -0.2) is 43.8 Å². The van der Waals surface area contributed by atoms with E-state index in [1.54, 1.807) is 0 Å². The molecule has 5 nitrogen and oxygen atoms in total. The van der Waals surface area contributed by atoms with Crippen molar-refractivity contribution >= 4 is 17.4 Å². The minimum atomic E-state index is -0.774. The summed E-state index contributed by atoms with van der Waals surface area (Å²) in [4.78, 5) is 28.5. The van der Waals surface area contributed by atoms with Gasteiger partial charge >= 0.3 is 0 Å². The number of ketones is 1. The number of Topliss-reactive ketones (excluding diaryl/α,β-unsaturated/α-hetero) is 1. The smallest absolute Gasteiger partial charge is 0.295 e. The van der Waals surface area contributed by atoms with Crippen molar-refractivity contribution in [3.63, 3.8) is 0 Å². The minimum Gasteiger partial charge on any atom is -0.872 e. The third-order valence-electron chi connectivity index (χ3n) is 5.63. The molecular weight excluding hydrogens is 395 g/mol. The molecule has 1 amide bonds. The van der Waals surface area contributed by atoms with Crippen molar-refractivity contribution in [1.29, 1.82) is 0 Å². The molecule has 1 aliphatic rings. The Bertz CT molecular complexity index is 979. The summed E-state index contributed by atoms with van der Waals surface area (Å²) < 4.78 is 13.3. The lowest BCUT2D eigenvalue weighted by Crippen LogP contribution is -3.05. The largest absolute Gasteiger partial charge is 0.872 e. The zero-order valence-corrected chi connectivity index (χ0v) is 18.4. The molecule has 1 heterocycles. The molecule has 1 atom stereocenters. The van der Waals surface area contributed by atoms with Gasteiger partial charge in [-0.1, -0.05) is 56.0 Å². The Morgan fingerprint density at radius 1 is 1.06 bits per heavy atom. The van der Waals surface area contributed by atoms with Crippen LogP contribution in [0.2, 0.25) is 0 Å². The highest BCUT2D eigenvalue weighted by Gasteiger charge is 2.43. The average molecular weight is 425 g/mol. The molecule has 0 spiro atoms. The van der Waals surface area contributed by atoms with Gasteiger partial charge in [0.25, 0.3) is 5.91 Å². The number of nitrogens with zero attached hydrogens (tertiary/aromatic N) is 1. The van der Waals surface area contributed by atoms with Crippen LogP contribution in [0, 0.1) is 5.82 Å². The number of benzene rings is 2. The molecule has 31 heavy (non-hydrogen) atoms. The van der Waals surface area contributed by atoms with Crippen LogP contribution in [0.3, 0.4) is 0 Å². The molecule has 0 bridgehead atoms. The van der Waals surface area contributed by atoms with Crippen LogP contribution in [0.1, 0.15) is 48.9 Å². The van der Waals surface area contributed by atoms with Gasteiger partial charge in [0.05, 0.1) is 26.7 Å². The highest BCUT2D eigenvalue weighted by molar-refractivity contribution is 6.46. The van der Waals surface area contributed by atoms with Crippen LogP contribution in [-0.2, 0) is 9.59 Å². The lowest BCUT2D eigenvalue weighted by molar-refractivity contribution is -0.858. The number of halogens is 1. The number of carbonyl (C=O) groups is 2. The topological polar surface area (TPSA) is 64.9 Å². The zero-order chi connectivity index (χ0) is 22.7. The third-order valence-corrected chi connectivity index (χ3v) is 5.63. The van der Waals surface area contributed by atoms with Gasteiger partial charge in [0, 0.05) is 18.5 Å². The van der Waals surface area contributed by atoms with E-state index in [1.807, 2.05) is 38.4 Å². The first-order chi connectivity index (χ1) is 14.7. The molecule has 1 fully saturated rings. The molecule has 3 rings (SSSR count). The number of amides is 1. The first-order valence-electron chi connectivity index (χ1n) is 10.6. The van der Waals surface area contributed by atoms with Gasteiger partial charge in [0.2, 0.25) is 5.78 Å². The predicted molar refractivity (Wildman–Crippen MR) is 116 cm³/mol. The Kier molecular flexibility index (Phi) is 6.91. The van der Waals surface area contributed by atoms with Gasteiger partial charge in [-0.25, -0.2) is 4.39 Å². The van der Waals surface area contributed by atoms with Gasteiger partial charge < -0.3 is 14.9 Å². The number of hydrogen-bond donors (Lipinski definition) is 1. The summed E-state index contributed by atoms with van der Waals surface area (Å²) in [6.45, 7) is 5.39. The second kappa shape index (κ2) is 9.43. The van der Waals surface area contributed by atoms with E-state index < -0.39 is 29.3 Å². The summed E-state index contributed by atoms with van der Waals surface area (Å²) in [5.74, 6) is -2.09. The van der Waals surface area contributed by atoms with Crippen molar-refractivity contribution in [3.8, 4) is 0 Å². The number of rotatable bonds is 7. The van der Waals surface area contributed by atoms with E-state index in [0.29, 0.717) is 18.9 Å².